The largest absolute Gasteiger partial charge is 0.342 e. The highest BCUT2D eigenvalue weighted by Crippen LogP contribution is 2.18. The maximum atomic E-state index is 10.3. The minimum atomic E-state index is 0.683. The lowest BCUT2D eigenvalue weighted by molar-refractivity contribution is -0.124. The molecule has 2 fully saturated rings. The summed E-state index contributed by atoms with van der Waals surface area (Å²) in [6, 6.07) is 0.683. The van der Waals surface area contributed by atoms with Crippen LogP contribution >= 0.6 is 0 Å². The van der Waals surface area contributed by atoms with Crippen molar-refractivity contribution in [1.82, 2.24) is 9.80 Å². The molecule has 0 aromatic heterocycles. The van der Waals surface area contributed by atoms with Gasteiger partial charge in [0.15, 0.2) is 0 Å². The van der Waals surface area contributed by atoms with E-state index in [0.29, 0.717) is 6.04 Å². The van der Waals surface area contributed by atoms with Crippen molar-refractivity contribution in [2.45, 2.75) is 18.9 Å². The Morgan fingerprint density at radius 3 is 2.36 bits per heavy atom. The van der Waals surface area contributed by atoms with E-state index in [1.807, 2.05) is 4.90 Å². The van der Waals surface area contributed by atoms with E-state index in [9.17, 15) is 4.79 Å². The van der Waals surface area contributed by atoms with Crippen molar-refractivity contribution < 1.29 is 4.79 Å². The van der Waals surface area contributed by atoms with Crippen LogP contribution in [0.1, 0.15) is 12.8 Å². The first-order valence-corrected chi connectivity index (χ1v) is 4.33. The van der Waals surface area contributed by atoms with Crippen molar-refractivity contribution in [1.29, 1.82) is 0 Å². The number of carbonyl (C=O) groups is 1. The molecule has 2 saturated heterocycles. The number of amides is 1. The lowest BCUT2D eigenvalue weighted by Crippen LogP contribution is -2.57. The molecule has 0 N–H and O–H groups in total. The van der Waals surface area contributed by atoms with E-state index in [0.717, 1.165) is 19.5 Å². The predicted octanol–water partition coefficient (Wildman–Crippen LogP) is -0.0772. The molecule has 62 valence electrons. The number of rotatable bonds is 2. The van der Waals surface area contributed by atoms with Gasteiger partial charge in [-0.2, -0.15) is 0 Å². The fourth-order valence-corrected chi connectivity index (χ4v) is 1.91. The Morgan fingerprint density at radius 2 is 1.82 bits per heavy atom. The second-order valence-corrected chi connectivity index (χ2v) is 3.46. The van der Waals surface area contributed by atoms with Gasteiger partial charge in [-0.05, 0) is 25.9 Å². The molecule has 0 atom stereocenters. The van der Waals surface area contributed by atoms with Crippen molar-refractivity contribution in [2.75, 3.05) is 26.2 Å². The van der Waals surface area contributed by atoms with Gasteiger partial charge in [-0.1, -0.05) is 0 Å². The molecule has 2 rings (SSSR count). The molecular weight excluding hydrogens is 140 g/mol. The van der Waals surface area contributed by atoms with Crippen molar-refractivity contribution in [3.8, 4) is 0 Å². The van der Waals surface area contributed by atoms with Crippen LogP contribution in [0.2, 0.25) is 0 Å². The summed E-state index contributed by atoms with van der Waals surface area (Å²) < 4.78 is 0. The minimum absolute atomic E-state index is 0.683. The molecule has 0 saturated carbocycles. The molecule has 0 unspecified atom stereocenters. The molecular formula is C8H14N2O. The van der Waals surface area contributed by atoms with Gasteiger partial charge >= 0.3 is 0 Å². The molecule has 3 nitrogen and oxygen atoms in total. The predicted molar refractivity (Wildman–Crippen MR) is 42.2 cm³/mol. The third kappa shape index (κ3) is 1.25. The Balaban J connectivity index is 1.76. The van der Waals surface area contributed by atoms with Gasteiger partial charge in [0.25, 0.3) is 0 Å². The second kappa shape index (κ2) is 2.81. The average Bonchev–Trinajstić information content (AvgIpc) is 2.37. The van der Waals surface area contributed by atoms with Gasteiger partial charge < -0.3 is 4.90 Å². The molecule has 0 radical (unpaired) electrons. The Labute approximate surface area is 67.0 Å². The zero-order valence-electron chi connectivity index (χ0n) is 6.70. The Kier molecular flexibility index (Phi) is 1.82. The van der Waals surface area contributed by atoms with Crippen LogP contribution in [0.5, 0.6) is 0 Å². The van der Waals surface area contributed by atoms with Gasteiger partial charge in [-0.15, -0.1) is 0 Å². The van der Waals surface area contributed by atoms with Gasteiger partial charge in [0.2, 0.25) is 6.41 Å². The lowest BCUT2D eigenvalue weighted by Gasteiger charge is -2.41. The quantitative estimate of drug-likeness (QED) is 0.519. The number of carbonyl (C=O) groups excluding carboxylic acids is 1. The Morgan fingerprint density at radius 1 is 1.18 bits per heavy atom. The summed E-state index contributed by atoms with van der Waals surface area (Å²) in [5, 5.41) is 0. The molecule has 2 aliphatic heterocycles. The summed E-state index contributed by atoms with van der Waals surface area (Å²) in [4.78, 5) is 14.6. The molecule has 1 amide bonds. The summed E-state index contributed by atoms with van der Waals surface area (Å²) in [7, 11) is 0. The van der Waals surface area contributed by atoms with Gasteiger partial charge in [-0.25, -0.2) is 0 Å². The first kappa shape index (κ1) is 7.10. The molecule has 0 bridgehead atoms. The SMILES string of the molecule is O=CN1CC(N2CCCC2)C1. The molecule has 0 aliphatic carbocycles. The van der Waals surface area contributed by atoms with Crippen LogP contribution in [0, 0.1) is 0 Å². The molecule has 0 spiro atoms. The van der Waals surface area contributed by atoms with Crippen LogP contribution in [0.4, 0.5) is 0 Å². The van der Waals surface area contributed by atoms with Gasteiger partial charge in [-0.3, -0.25) is 9.69 Å². The standard InChI is InChI=1S/C8H14N2O/c11-7-9-5-8(6-9)10-3-1-2-4-10/h7-8H,1-6H2. The highest BCUT2D eigenvalue weighted by atomic mass is 16.1. The first-order chi connectivity index (χ1) is 5.40. The number of hydrogen-bond acceptors (Lipinski definition) is 2. The molecule has 3 heteroatoms. The molecule has 2 aliphatic rings. The number of nitrogens with zero attached hydrogens (tertiary/aromatic N) is 2. The summed E-state index contributed by atoms with van der Waals surface area (Å²) in [6.45, 7) is 4.42. The molecule has 2 heterocycles. The van der Waals surface area contributed by atoms with Crippen molar-refractivity contribution >= 4 is 6.41 Å². The second-order valence-electron chi connectivity index (χ2n) is 3.46. The van der Waals surface area contributed by atoms with Crippen molar-refractivity contribution in [3.05, 3.63) is 0 Å². The summed E-state index contributed by atoms with van der Waals surface area (Å²) in [5.74, 6) is 0. The lowest BCUT2D eigenvalue weighted by atomic mass is 10.1. The third-order valence-electron chi connectivity index (χ3n) is 2.70. The van der Waals surface area contributed by atoms with Gasteiger partial charge in [0.1, 0.15) is 0 Å². The third-order valence-corrected chi connectivity index (χ3v) is 2.70. The van der Waals surface area contributed by atoms with Crippen LogP contribution < -0.4 is 0 Å². The Bertz CT molecular complexity index is 148. The van der Waals surface area contributed by atoms with E-state index in [1.165, 1.54) is 25.9 Å². The summed E-state index contributed by atoms with van der Waals surface area (Å²) in [6.07, 6.45) is 3.64. The van der Waals surface area contributed by atoms with Gasteiger partial charge in [0.05, 0.1) is 0 Å². The minimum Gasteiger partial charge on any atom is -0.342 e. The molecule has 0 aromatic rings. The van der Waals surface area contributed by atoms with Crippen molar-refractivity contribution in [3.63, 3.8) is 0 Å². The summed E-state index contributed by atoms with van der Waals surface area (Å²) in [5.41, 5.74) is 0. The van der Waals surface area contributed by atoms with E-state index in [2.05, 4.69) is 4.90 Å². The topological polar surface area (TPSA) is 23.6 Å². The maximum Gasteiger partial charge on any atom is 0.209 e. The van der Waals surface area contributed by atoms with Crippen molar-refractivity contribution in [2.24, 2.45) is 0 Å². The first-order valence-electron chi connectivity index (χ1n) is 4.33. The van der Waals surface area contributed by atoms with Gasteiger partial charge in [0, 0.05) is 19.1 Å². The number of hydrogen-bond donors (Lipinski definition) is 0. The highest BCUT2D eigenvalue weighted by molar-refractivity contribution is 5.49. The number of likely N-dealkylation sites (tertiary alicyclic amines) is 2. The Hall–Kier alpha value is -0.570. The highest BCUT2D eigenvalue weighted by Gasteiger charge is 2.31. The van der Waals surface area contributed by atoms with E-state index in [1.54, 1.807) is 0 Å². The zero-order chi connectivity index (χ0) is 7.68. The van der Waals surface area contributed by atoms with E-state index in [-0.39, 0.29) is 0 Å². The zero-order valence-corrected chi connectivity index (χ0v) is 6.70. The smallest absolute Gasteiger partial charge is 0.209 e. The van der Waals surface area contributed by atoms with Crippen LogP contribution in [0.3, 0.4) is 0 Å². The fourth-order valence-electron chi connectivity index (χ4n) is 1.91. The molecule has 11 heavy (non-hydrogen) atoms. The van der Waals surface area contributed by atoms with E-state index < -0.39 is 0 Å². The fraction of sp³-hybridized carbons (Fsp3) is 0.875. The van der Waals surface area contributed by atoms with E-state index in [4.69, 9.17) is 0 Å². The maximum absolute atomic E-state index is 10.3. The van der Waals surface area contributed by atoms with Crippen LogP contribution in [-0.4, -0.2) is 48.4 Å². The average molecular weight is 154 g/mol. The normalized spacial score (nSPS) is 27.1. The molecule has 0 aromatic carbocycles. The monoisotopic (exact) mass is 154 g/mol. The van der Waals surface area contributed by atoms with Crippen LogP contribution in [0.25, 0.3) is 0 Å². The summed E-state index contributed by atoms with van der Waals surface area (Å²) >= 11 is 0. The van der Waals surface area contributed by atoms with E-state index >= 15 is 0 Å². The van der Waals surface area contributed by atoms with Crippen LogP contribution in [0.15, 0.2) is 0 Å². The van der Waals surface area contributed by atoms with Crippen LogP contribution in [-0.2, 0) is 4.79 Å².